The van der Waals surface area contributed by atoms with Gasteiger partial charge in [-0.2, -0.15) is 0 Å². The molecule has 24 heavy (non-hydrogen) atoms. The lowest BCUT2D eigenvalue weighted by atomic mass is 10.1. The number of amides is 2. The van der Waals surface area contributed by atoms with Gasteiger partial charge in [-0.3, -0.25) is 14.6 Å². The maximum atomic E-state index is 12.6. The molecule has 1 heterocycles. The number of aromatic nitrogens is 1. The van der Waals surface area contributed by atoms with Crippen molar-refractivity contribution in [3.63, 3.8) is 0 Å². The molecule has 0 bridgehead atoms. The summed E-state index contributed by atoms with van der Waals surface area (Å²) in [6.45, 7) is 0. The fourth-order valence-corrected chi connectivity index (χ4v) is 2.97. The third kappa shape index (κ3) is 3.62. The van der Waals surface area contributed by atoms with E-state index in [2.05, 4.69) is 10.3 Å². The Kier molecular flexibility index (Phi) is 4.89. The molecule has 5 nitrogen and oxygen atoms in total. The molecule has 0 spiro atoms. The number of anilines is 1. The number of pyridine rings is 1. The molecule has 2 aromatic rings. The van der Waals surface area contributed by atoms with Crippen LogP contribution in [0, 0.1) is 0 Å². The molecule has 1 aliphatic rings. The Morgan fingerprint density at radius 1 is 1.12 bits per heavy atom. The summed E-state index contributed by atoms with van der Waals surface area (Å²) in [4.78, 5) is 30.6. The third-order valence-corrected chi connectivity index (χ3v) is 4.38. The normalized spacial score (nSPS) is 14.4. The van der Waals surface area contributed by atoms with Crippen molar-refractivity contribution in [2.75, 3.05) is 11.9 Å². The van der Waals surface area contributed by atoms with E-state index in [1.165, 1.54) is 11.1 Å². The highest BCUT2D eigenvalue weighted by Crippen LogP contribution is 2.18. The highest BCUT2D eigenvalue weighted by atomic mass is 16.2. The number of para-hydroxylation sites is 1. The van der Waals surface area contributed by atoms with E-state index in [1.54, 1.807) is 19.2 Å². The van der Waals surface area contributed by atoms with Gasteiger partial charge in [0.15, 0.2) is 0 Å². The molecule has 1 fully saturated rings. The number of benzene rings is 1. The van der Waals surface area contributed by atoms with Crippen molar-refractivity contribution in [2.24, 2.45) is 0 Å². The van der Waals surface area contributed by atoms with Gasteiger partial charge in [0.1, 0.15) is 5.69 Å². The molecule has 2 amide bonds. The van der Waals surface area contributed by atoms with Crippen molar-refractivity contribution in [3.8, 4) is 0 Å². The van der Waals surface area contributed by atoms with Gasteiger partial charge in [-0.15, -0.1) is 0 Å². The molecule has 0 atom stereocenters. The zero-order valence-electron chi connectivity index (χ0n) is 13.7. The summed E-state index contributed by atoms with van der Waals surface area (Å²) < 4.78 is 0. The molecule has 1 aromatic heterocycles. The van der Waals surface area contributed by atoms with Gasteiger partial charge in [-0.1, -0.05) is 31.0 Å². The van der Waals surface area contributed by atoms with Crippen LogP contribution in [0.25, 0.3) is 0 Å². The van der Waals surface area contributed by atoms with Crippen LogP contribution >= 0.6 is 0 Å². The summed E-state index contributed by atoms with van der Waals surface area (Å²) in [5.74, 6) is -0.377. The Bertz CT molecular complexity index is 724. The molecule has 124 valence electrons. The second-order valence-electron chi connectivity index (χ2n) is 6.08. The Morgan fingerprint density at radius 2 is 1.83 bits per heavy atom. The standard InChI is InChI=1S/C19H21N3O2/c1-22(16-9-3-2-4-10-16)19(24)17-13-14(11-12-20-17)18(23)21-15-7-5-6-8-15/h2-4,9-13,15H,5-8H2,1H3,(H,21,23). The van der Waals surface area contributed by atoms with Gasteiger partial charge in [0, 0.05) is 30.5 Å². The van der Waals surface area contributed by atoms with E-state index in [4.69, 9.17) is 0 Å². The largest absolute Gasteiger partial charge is 0.349 e. The zero-order valence-corrected chi connectivity index (χ0v) is 13.7. The Morgan fingerprint density at radius 3 is 2.54 bits per heavy atom. The molecule has 5 heteroatoms. The van der Waals surface area contributed by atoms with E-state index >= 15 is 0 Å². The van der Waals surface area contributed by atoms with Gasteiger partial charge in [-0.25, -0.2) is 0 Å². The van der Waals surface area contributed by atoms with Crippen LogP contribution in [0.1, 0.15) is 46.5 Å². The van der Waals surface area contributed by atoms with Gasteiger partial charge < -0.3 is 10.2 Å². The van der Waals surface area contributed by atoms with E-state index in [0.29, 0.717) is 5.56 Å². The van der Waals surface area contributed by atoms with E-state index in [1.807, 2.05) is 30.3 Å². The first-order chi connectivity index (χ1) is 11.6. The van der Waals surface area contributed by atoms with E-state index in [0.717, 1.165) is 31.4 Å². The molecule has 0 radical (unpaired) electrons. The summed E-state index contributed by atoms with van der Waals surface area (Å²) in [7, 11) is 1.70. The number of hydrogen-bond donors (Lipinski definition) is 1. The first-order valence-electron chi connectivity index (χ1n) is 8.25. The maximum absolute atomic E-state index is 12.6. The smallest absolute Gasteiger partial charge is 0.276 e. The molecular weight excluding hydrogens is 302 g/mol. The van der Waals surface area contributed by atoms with Gasteiger partial charge in [0.2, 0.25) is 0 Å². The van der Waals surface area contributed by atoms with Crippen LogP contribution in [0.3, 0.4) is 0 Å². The van der Waals surface area contributed by atoms with Crippen LogP contribution in [-0.2, 0) is 0 Å². The van der Waals surface area contributed by atoms with Crippen molar-refractivity contribution >= 4 is 17.5 Å². The second kappa shape index (κ2) is 7.25. The van der Waals surface area contributed by atoms with Crippen LogP contribution in [-0.4, -0.2) is 29.9 Å². The fourth-order valence-electron chi connectivity index (χ4n) is 2.97. The van der Waals surface area contributed by atoms with Crippen molar-refractivity contribution < 1.29 is 9.59 Å². The van der Waals surface area contributed by atoms with Crippen LogP contribution in [0.2, 0.25) is 0 Å². The highest BCUT2D eigenvalue weighted by Gasteiger charge is 2.20. The van der Waals surface area contributed by atoms with Crippen LogP contribution in [0.15, 0.2) is 48.7 Å². The second-order valence-corrected chi connectivity index (χ2v) is 6.08. The van der Waals surface area contributed by atoms with Gasteiger partial charge in [-0.05, 0) is 37.1 Å². The first-order valence-corrected chi connectivity index (χ1v) is 8.25. The lowest BCUT2D eigenvalue weighted by Crippen LogP contribution is -2.33. The molecule has 0 aliphatic heterocycles. The zero-order chi connectivity index (χ0) is 16.9. The minimum absolute atomic E-state index is 0.138. The summed E-state index contributed by atoms with van der Waals surface area (Å²) >= 11 is 0. The summed E-state index contributed by atoms with van der Waals surface area (Å²) in [6, 6.07) is 12.8. The predicted octanol–water partition coefficient (Wildman–Crippen LogP) is 3.03. The third-order valence-electron chi connectivity index (χ3n) is 4.38. The number of carbonyl (C=O) groups excluding carboxylic acids is 2. The van der Waals surface area contributed by atoms with Crippen molar-refractivity contribution in [1.82, 2.24) is 10.3 Å². The van der Waals surface area contributed by atoms with E-state index in [-0.39, 0.29) is 23.6 Å². The van der Waals surface area contributed by atoms with Crippen molar-refractivity contribution in [2.45, 2.75) is 31.7 Å². The molecule has 0 saturated heterocycles. The molecule has 1 saturated carbocycles. The molecule has 3 rings (SSSR count). The Labute approximate surface area is 141 Å². The van der Waals surface area contributed by atoms with Gasteiger partial charge in [0.25, 0.3) is 11.8 Å². The van der Waals surface area contributed by atoms with E-state index < -0.39 is 0 Å². The van der Waals surface area contributed by atoms with Crippen LogP contribution < -0.4 is 10.2 Å². The van der Waals surface area contributed by atoms with E-state index in [9.17, 15) is 9.59 Å². The Hall–Kier alpha value is -2.69. The highest BCUT2D eigenvalue weighted by molar-refractivity contribution is 6.06. The number of rotatable bonds is 4. The molecule has 1 aromatic carbocycles. The lowest BCUT2D eigenvalue weighted by molar-refractivity contribution is 0.0937. The molecule has 1 N–H and O–H groups in total. The van der Waals surface area contributed by atoms with Crippen LogP contribution in [0.5, 0.6) is 0 Å². The van der Waals surface area contributed by atoms with Crippen LogP contribution in [0.4, 0.5) is 5.69 Å². The van der Waals surface area contributed by atoms with Gasteiger partial charge in [0.05, 0.1) is 0 Å². The minimum atomic E-state index is -0.239. The average Bonchev–Trinajstić information content (AvgIpc) is 3.14. The predicted molar refractivity (Wildman–Crippen MR) is 93.1 cm³/mol. The van der Waals surface area contributed by atoms with Gasteiger partial charge >= 0.3 is 0 Å². The molecular formula is C19H21N3O2. The summed E-state index contributed by atoms with van der Waals surface area (Å²) in [6.07, 6.45) is 5.88. The van der Waals surface area contributed by atoms with Crippen molar-refractivity contribution in [1.29, 1.82) is 0 Å². The Balaban J connectivity index is 1.74. The SMILES string of the molecule is CN(C(=O)c1cc(C(=O)NC2CCCC2)ccn1)c1ccccc1. The number of nitrogens with zero attached hydrogens (tertiary/aromatic N) is 2. The quantitative estimate of drug-likeness (QED) is 0.941. The number of nitrogens with one attached hydrogen (secondary N) is 1. The van der Waals surface area contributed by atoms with Crippen molar-refractivity contribution in [3.05, 3.63) is 59.9 Å². The number of carbonyl (C=O) groups is 2. The summed E-state index contributed by atoms with van der Waals surface area (Å²) in [5, 5.41) is 3.03. The number of hydrogen-bond acceptors (Lipinski definition) is 3. The first kappa shape index (κ1) is 16.2. The maximum Gasteiger partial charge on any atom is 0.276 e. The lowest BCUT2D eigenvalue weighted by Gasteiger charge is -2.17. The summed E-state index contributed by atoms with van der Waals surface area (Å²) in [5.41, 5.74) is 1.52. The fraction of sp³-hybridized carbons (Fsp3) is 0.316. The molecule has 0 unspecified atom stereocenters. The topological polar surface area (TPSA) is 62.3 Å². The minimum Gasteiger partial charge on any atom is -0.349 e. The average molecular weight is 323 g/mol. The molecule has 1 aliphatic carbocycles. The monoisotopic (exact) mass is 323 g/mol.